The SMILES string of the molecule is C=C(C)C(=O)O\C1=C/C=C\C=C\CCCC1. The fraction of sp³-hybridized carbons (Fsp3) is 0.357. The van der Waals surface area contributed by atoms with E-state index in [0.717, 1.165) is 31.4 Å². The predicted octanol–water partition coefficient (Wildman–Crippen LogP) is 3.68. The van der Waals surface area contributed by atoms with Gasteiger partial charge in [-0.15, -0.1) is 0 Å². The molecule has 0 aromatic rings. The van der Waals surface area contributed by atoms with Crippen molar-refractivity contribution in [3.05, 3.63) is 48.3 Å². The molecular weight excluding hydrogens is 200 g/mol. The fourth-order valence-electron chi connectivity index (χ4n) is 1.34. The molecule has 1 aliphatic carbocycles. The molecule has 86 valence electrons. The topological polar surface area (TPSA) is 26.3 Å². The first-order chi connectivity index (χ1) is 7.70. The summed E-state index contributed by atoms with van der Waals surface area (Å²) in [6, 6.07) is 0. The highest BCUT2D eigenvalue weighted by molar-refractivity contribution is 5.87. The molecule has 0 aromatic heterocycles. The van der Waals surface area contributed by atoms with Gasteiger partial charge in [-0.05, 0) is 32.3 Å². The Hall–Kier alpha value is -1.57. The van der Waals surface area contributed by atoms with E-state index in [2.05, 4.69) is 12.7 Å². The molecule has 0 heterocycles. The van der Waals surface area contributed by atoms with E-state index < -0.39 is 0 Å². The van der Waals surface area contributed by atoms with Crippen molar-refractivity contribution in [3.8, 4) is 0 Å². The number of allylic oxidation sites excluding steroid dienone is 6. The first kappa shape index (κ1) is 12.5. The average molecular weight is 218 g/mol. The van der Waals surface area contributed by atoms with Crippen LogP contribution in [0.3, 0.4) is 0 Å². The van der Waals surface area contributed by atoms with Crippen LogP contribution in [-0.2, 0) is 9.53 Å². The zero-order valence-electron chi connectivity index (χ0n) is 9.74. The Morgan fingerprint density at radius 1 is 1.31 bits per heavy atom. The van der Waals surface area contributed by atoms with E-state index in [1.807, 2.05) is 24.3 Å². The summed E-state index contributed by atoms with van der Waals surface area (Å²) in [5.41, 5.74) is 0.432. The summed E-state index contributed by atoms with van der Waals surface area (Å²) in [5, 5.41) is 0. The third-order valence-electron chi connectivity index (χ3n) is 2.26. The maximum absolute atomic E-state index is 11.4. The molecule has 0 amide bonds. The summed E-state index contributed by atoms with van der Waals surface area (Å²) >= 11 is 0. The highest BCUT2D eigenvalue weighted by atomic mass is 16.5. The van der Waals surface area contributed by atoms with E-state index in [4.69, 9.17) is 4.74 Å². The quantitative estimate of drug-likeness (QED) is 0.522. The molecule has 1 rings (SSSR count). The number of ether oxygens (including phenoxy) is 1. The number of esters is 1. The second-order valence-electron chi connectivity index (χ2n) is 3.86. The highest BCUT2D eigenvalue weighted by Crippen LogP contribution is 2.14. The van der Waals surface area contributed by atoms with Gasteiger partial charge >= 0.3 is 5.97 Å². The minimum absolute atomic E-state index is 0.341. The maximum Gasteiger partial charge on any atom is 0.338 e. The molecule has 0 radical (unpaired) electrons. The van der Waals surface area contributed by atoms with Gasteiger partial charge in [-0.25, -0.2) is 4.79 Å². The first-order valence-corrected chi connectivity index (χ1v) is 5.60. The van der Waals surface area contributed by atoms with Gasteiger partial charge in [0.25, 0.3) is 0 Å². The van der Waals surface area contributed by atoms with E-state index in [1.54, 1.807) is 6.92 Å². The van der Waals surface area contributed by atoms with Crippen LogP contribution in [0.5, 0.6) is 0 Å². The highest BCUT2D eigenvalue weighted by Gasteiger charge is 2.07. The molecule has 0 aromatic carbocycles. The Morgan fingerprint density at radius 3 is 2.88 bits per heavy atom. The Bertz CT molecular complexity index is 346. The van der Waals surface area contributed by atoms with Gasteiger partial charge in [-0.1, -0.05) is 30.9 Å². The lowest BCUT2D eigenvalue weighted by molar-refractivity contribution is -0.135. The van der Waals surface area contributed by atoms with Crippen LogP contribution in [0.15, 0.2) is 48.3 Å². The van der Waals surface area contributed by atoms with Gasteiger partial charge in [-0.3, -0.25) is 0 Å². The molecule has 0 atom stereocenters. The first-order valence-electron chi connectivity index (χ1n) is 5.60. The van der Waals surface area contributed by atoms with Gasteiger partial charge in [-0.2, -0.15) is 0 Å². The molecule has 0 saturated carbocycles. The van der Waals surface area contributed by atoms with Crippen LogP contribution < -0.4 is 0 Å². The van der Waals surface area contributed by atoms with Crippen molar-refractivity contribution in [2.75, 3.05) is 0 Å². The van der Waals surface area contributed by atoms with E-state index in [0.29, 0.717) is 5.57 Å². The third-order valence-corrected chi connectivity index (χ3v) is 2.26. The minimum Gasteiger partial charge on any atom is -0.428 e. The Kier molecular flexibility index (Phi) is 5.34. The molecule has 0 unspecified atom stereocenters. The van der Waals surface area contributed by atoms with E-state index in [1.165, 1.54) is 0 Å². The van der Waals surface area contributed by atoms with Crippen LogP contribution in [0.4, 0.5) is 0 Å². The summed E-state index contributed by atoms with van der Waals surface area (Å²) in [6.07, 6.45) is 13.9. The van der Waals surface area contributed by atoms with Crippen LogP contribution in [0.2, 0.25) is 0 Å². The van der Waals surface area contributed by atoms with Gasteiger partial charge in [0, 0.05) is 12.0 Å². The number of rotatable bonds is 2. The molecule has 0 aliphatic heterocycles. The lowest BCUT2D eigenvalue weighted by atomic mass is 10.1. The molecule has 0 spiro atoms. The van der Waals surface area contributed by atoms with E-state index in [9.17, 15) is 4.79 Å². The van der Waals surface area contributed by atoms with Crippen LogP contribution in [0.25, 0.3) is 0 Å². The largest absolute Gasteiger partial charge is 0.428 e. The van der Waals surface area contributed by atoms with Crippen LogP contribution in [0.1, 0.15) is 32.6 Å². The third kappa shape index (κ3) is 4.78. The van der Waals surface area contributed by atoms with Crippen molar-refractivity contribution in [1.29, 1.82) is 0 Å². The molecule has 0 fully saturated rings. The molecule has 0 N–H and O–H groups in total. The lowest BCUT2D eigenvalue weighted by Crippen LogP contribution is -2.05. The molecule has 16 heavy (non-hydrogen) atoms. The second-order valence-corrected chi connectivity index (χ2v) is 3.86. The van der Waals surface area contributed by atoms with Crippen molar-refractivity contribution >= 4 is 5.97 Å². The molecule has 0 saturated heterocycles. The van der Waals surface area contributed by atoms with E-state index in [-0.39, 0.29) is 5.97 Å². The van der Waals surface area contributed by atoms with Gasteiger partial charge in [0.15, 0.2) is 0 Å². The van der Waals surface area contributed by atoms with Crippen molar-refractivity contribution in [3.63, 3.8) is 0 Å². The average Bonchev–Trinajstić information content (AvgIpc) is 2.27. The Labute approximate surface area is 97.0 Å². The van der Waals surface area contributed by atoms with Gasteiger partial charge < -0.3 is 4.74 Å². The maximum atomic E-state index is 11.4. The summed E-state index contributed by atoms with van der Waals surface area (Å²) in [7, 11) is 0. The van der Waals surface area contributed by atoms with Crippen molar-refractivity contribution < 1.29 is 9.53 Å². The Balaban J connectivity index is 2.64. The summed E-state index contributed by atoms with van der Waals surface area (Å²) < 4.78 is 5.23. The smallest absolute Gasteiger partial charge is 0.338 e. The molecule has 2 heteroatoms. The number of hydrogen-bond acceptors (Lipinski definition) is 2. The summed E-state index contributed by atoms with van der Waals surface area (Å²) in [6.45, 7) is 5.22. The number of carbonyl (C=O) groups is 1. The second kappa shape index (κ2) is 6.83. The number of hydrogen-bond donors (Lipinski definition) is 0. The standard InChI is InChI=1S/C14H18O2/c1-12(2)14(15)16-13-10-8-6-4-3-5-7-9-11-13/h3-4,6,8,10H,1,5,7,9,11H2,2H3/b4-3+,8-6-,13-10-. The van der Waals surface area contributed by atoms with E-state index >= 15 is 0 Å². The van der Waals surface area contributed by atoms with Crippen LogP contribution in [0, 0.1) is 0 Å². The molecule has 0 bridgehead atoms. The predicted molar refractivity (Wildman–Crippen MR) is 65.7 cm³/mol. The normalized spacial score (nSPS) is 23.7. The Morgan fingerprint density at radius 2 is 2.12 bits per heavy atom. The zero-order chi connectivity index (χ0) is 11.8. The van der Waals surface area contributed by atoms with Crippen molar-refractivity contribution in [2.24, 2.45) is 0 Å². The van der Waals surface area contributed by atoms with Crippen LogP contribution in [-0.4, -0.2) is 5.97 Å². The monoisotopic (exact) mass is 218 g/mol. The van der Waals surface area contributed by atoms with Gasteiger partial charge in [0.2, 0.25) is 0 Å². The van der Waals surface area contributed by atoms with Gasteiger partial charge in [0.05, 0.1) is 0 Å². The van der Waals surface area contributed by atoms with Crippen molar-refractivity contribution in [2.45, 2.75) is 32.6 Å². The summed E-state index contributed by atoms with van der Waals surface area (Å²) in [4.78, 5) is 11.4. The summed E-state index contributed by atoms with van der Waals surface area (Å²) in [5.74, 6) is 0.381. The molecule has 1 aliphatic rings. The molecular formula is C14H18O2. The fourth-order valence-corrected chi connectivity index (χ4v) is 1.34. The van der Waals surface area contributed by atoms with Crippen molar-refractivity contribution in [1.82, 2.24) is 0 Å². The minimum atomic E-state index is -0.341. The number of carbonyl (C=O) groups excluding carboxylic acids is 1. The van der Waals surface area contributed by atoms with Crippen LogP contribution >= 0.6 is 0 Å². The van der Waals surface area contributed by atoms with Gasteiger partial charge in [0.1, 0.15) is 5.76 Å². The lowest BCUT2D eigenvalue weighted by Gasteiger charge is -2.08. The molecule has 2 nitrogen and oxygen atoms in total. The zero-order valence-corrected chi connectivity index (χ0v) is 9.74.